The summed E-state index contributed by atoms with van der Waals surface area (Å²) in [6, 6.07) is 12.0. The summed E-state index contributed by atoms with van der Waals surface area (Å²) < 4.78 is 19.1. The van der Waals surface area contributed by atoms with Gasteiger partial charge in [0.25, 0.3) is 0 Å². The first-order valence-corrected chi connectivity index (χ1v) is 8.35. The minimum atomic E-state index is -0.256. The Kier molecular flexibility index (Phi) is 5.53. The normalized spacial score (nSPS) is 10.5. The standard InChI is InChI=1S/C19H18ClFN4O/c1-12-7-16(17(26-2)8-14(12)20)25-19-9-18(23-11-24-19)22-10-13-5-3-4-6-15(13)21/h3-9,11H,10H2,1-2H3,(H2,22,23,24,25). The van der Waals surface area contributed by atoms with Crippen LogP contribution in [0.5, 0.6) is 5.75 Å². The van der Waals surface area contributed by atoms with Crippen LogP contribution in [0.2, 0.25) is 5.02 Å². The fraction of sp³-hybridized carbons (Fsp3) is 0.158. The van der Waals surface area contributed by atoms with Gasteiger partial charge in [-0.1, -0.05) is 29.8 Å². The quantitative estimate of drug-likeness (QED) is 0.641. The Morgan fingerprint density at radius 2 is 1.88 bits per heavy atom. The molecule has 0 bridgehead atoms. The fourth-order valence-electron chi connectivity index (χ4n) is 2.42. The van der Waals surface area contributed by atoms with E-state index in [1.807, 2.05) is 13.0 Å². The summed E-state index contributed by atoms with van der Waals surface area (Å²) >= 11 is 6.13. The molecule has 0 atom stereocenters. The Hall–Kier alpha value is -2.86. The summed E-state index contributed by atoms with van der Waals surface area (Å²) in [5, 5.41) is 6.91. The average Bonchev–Trinajstić information content (AvgIpc) is 2.64. The van der Waals surface area contributed by atoms with Crippen LogP contribution in [-0.4, -0.2) is 17.1 Å². The monoisotopic (exact) mass is 372 g/mol. The van der Waals surface area contributed by atoms with Crippen molar-refractivity contribution < 1.29 is 9.13 Å². The van der Waals surface area contributed by atoms with Gasteiger partial charge in [0.15, 0.2) is 0 Å². The number of methoxy groups -OCH3 is 1. The smallest absolute Gasteiger partial charge is 0.143 e. The van der Waals surface area contributed by atoms with Crippen molar-refractivity contribution in [3.63, 3.8) is 0 Å². The molecular formula is C19H18ClFN4O. The number of halogens is 2. The van der Waals surface area contributed by atoms with E-state index in [1.165, 1.54) is 12.4 Å². The van der Waals surface area contributed by atoms with Crippen molar-refractivity contribution in [2.75, 3.05) is 17.7 Å². The minimum absolute atomic E-state index is 0.256. The number of hydrogen-bond donors (Lipinski definition) is 2. The summed E-state index contributed by atoms with van der Waals surface area (Å²) in [4.78, 5) is 8.37. The highest BCUT2D eigenvalue weighted by atomic mass is 35.5. The maximum Gasteiger partial charge on any atom is 0.143 e. The highest BCUT2D eigenvalue weighted by Gasteiger charge is 2.09. The second kappa shape index (κ2) is 8.01. The van der Waals surface area contributed by atoms with Crippen LogP contribution in [0.25, 0.3) is 0 Å². The van der Waals surface area contributed by atoms with Crippen molar-refractivity contribution in [3.8, 4) is 5.75 Å². The number of aryl methyl sites for hydroxylation is 1. The van der Waals surface area contributed by atoms with Crippen LogP contribution in [0.4, 0.5) is 21.7 Å². The Morgan fingerprint density at radius 3 is 2.65 bits per heavy atom. The van der Waals surface area contributed by atoms with Gasteiger partial charge < -0.3 is 15.4 Å². The summed E-state index contributed by atoms with van der Waals surface area (Å²) in [6.07, 6.45) is 1.43. The Bertz CT molecular complexity index is 920. The topological polar surface area (TPSA) is 59.1 Å². The van der Waals surface area contributed by atoms with Crippen LogP contribution in [0, 0.1) is 12.7 Å². The predicted octanol–water partition coefficient (Wildman–Crippen LogP) is 4.94. The average molecular weight is 373 g/mol. The molecule has 0 amide bonds. The third kappa shape index (κ3) is 4.21. The number of aromatic nitrogens is 2. The van der Waals surface area contributed by atoms with E-state index in [-0.39, 0.29) is 5.82 Å². The first-order chi connectivity index (χ1) is 12.6. The second-order valence-corrected chi connectivity index (χ2v) is 6.07. The van der Waals surface area contributed by atoms with Crippen LogP contribution in [-0.2, 0) is 6.54 Å². The third-order valence-electron chi connectivity index (χ3n) is 3.83. The molecule has 3 rings (SSSR count). The molecule has 0 aliphatic heterocycles. The molecule has 0 saturated heterocycles. The minimum Gasteiger partial charge on any atom is -0.495 e. The van der Waals surface area contributed by atoms with Gasteiger partial charge in [0.05, 0.1) is 12.8 Å². The molecule has 26 heavy (non-hydrogen) atoms. The van der Waals surface area contributed by atoms with Gasteiger partial charge in [-0.25, -0.2) is 14.4 Å². The Labute approximate surface area is 156 Å². The number of nitrogens with zero attached hydrogens (tertiary/aromatic N) is 2. The van der Waals surface area contributed by atoms with E-state index < -0.39 is 0 Å². The van der Waals surface area contributed by atoms with Crippen LogP contribution >= 0.6 is 11.6 Å². The molecule has 134 valence electrons. The van der Waals surface area contributed by atoms with Crippen LogP contribution in [0.3, 0.4) is 0 Å². The van der Waals surface area contributed by atoms with E-state index in [0.29, 0.717) is 34.5 Å². The van der Waals surface area contributed by atoms with Crippen LogP contribution < -0.4 is 15.4 Å². The van der Waals surface area contributed by atoms with Gasteiger partial charge in [-0.2, -0.15) is 0 Å². The number of hydrogen-bond acceptors (Lipinski definition) is 5. The SMILES string of the molecule is COc1cc(Cl)c(C)cc1Nc1cc(NCc2ccccc2F)ncn1. The molecule has 0 radical (unpaired) electrons. The molecule has 0 aliphatic rings. The molecule has 0 aliphatic carbocycles. The van der Waals surface area contributed by atoms with Gasteiger partial charge >= 0.3 is 0 Å². The molecule has 5 nitrogen and oxygen atoms in total. The van der Waals surface area contributed by atoms with Crippen LogP contribution in [0.1, 0.15) is 11.1 Å². The molecule has 0 unspecified atom stereocenters. The van der Waals surface area contributed by atoms with E-state index in [1.54, 1.807) is 37.4 Å². The third-order valence-corrected chi connectivity index (χ3v) is 4.24. The number of benzene rings is 2. The first-order valence-electron chi connectivity index (χ1n) is 7.97. The number of rotatable bonds is 6. The lowest BCUT2D eigenvalue weighted by Gasteiger charge is -2.13. The highest BCUT2D eigenvalue weighted by molar-refractivity contribution is 6.31. The van der Waals surface area contributed by atoms with E-state index in [9.17, 15) is 4.39 Å². The van der Waals surface area contributed by atoms with Gasteiger partial charge in [-0.15, -0.1) is 0 Å². The maximum atomic E-state index is 13.7. The van der Waals surface area contributed by atoms with Gasteiger partial charge in [0.1, 0.15) is 29.5 Å². The summed E-state index contributed by atoms with van der Waals surface area (Å²) in [5.74, 6) is 1.51. The molecule has 2 aromatic carbocycles. The first kappa shape index (κ1) is 17.9. The predicted molar refractivity (Wildman–Crippen MR) is 102 cm³/mol. The van der Waals surface area contributed by atoms with E-state index in [4.69, 9.17) is 16.3 Å². The van der Waals surface area contributed by atoms with Gasteiger partial charge in [-0.05, 0) is 24.6 Å². The van der Waals surface area contributed by atoms with Crippen molar-refractivity contribution in [1.82, 2.24) is 9.97 Å². The van der Waals surface area contributed by atoms with Crippen molar-refractivity contribution in [2.45, 2.75) is 13.5 Å². The second-order valence-electron chi connectivity index (χ2n) is 5.66. The summed E-state index contributed by atoms with van der Waals surface area (Å²) in [7, 11) is 1.58. The molecular weight excluding hydrogens is 355 g/mol. The van der Waals surface area contributed by atoms with E-state index >= 15 is 0 Å². The lowest BCUT2D eigenvalue weighted by Crippen LogP contribution is -2.05. The largest absolute Gasteiger partial charge is 0.495 e. The Balaban J connectivity index is 1.76. The van der Waals surface area contributed by atoms with Gasteiger partial charge in [-0.3, -0.25) is 0 Å². The molecule has 1 aromatic heterocycles. The Morgan fingerprint density at radius 1 is 1.12 bits per heavy atom. The molecule has 0 spiro atoms. The van der Waals surface area contributed by atoms with Crippen molar-refractivity contribution in [2.24, 2.45) is 0 Å². The zero-order valence-electron chi connectivity index (χ0n) is 14.4. The summed E-state index contributed by atoms with van der Waals surface area (Å²) in [5.41, 5.74) is 2.23. The number of ether oxygens (including phenoxy) is 1. The fourth-order valence-corrected chi connectivity index (χ4v) is 2.57. The molecule has 2 N–H and O–H groups in total. The maximum absolute atomic E-state index is 13.7. The van der Waals surface area contributed by atoms with Crippen molar-refractivity contribution in [1.29, 1.82) is 0 Å². The molecule has 0 saturated carbocycles. The van der Waals surface area contributed by atoms with Crippen LogP contribution in [0.15, 0.2) is 48.8 Å². The zero-order chi connectivity index (χ0) is 18.5. The summed E-state index contributed by atoms with van der Waals surface area (Å²) in [6.45, 7) is 2.24. The van der Waals surface area contributed by atoms with E-state index in [0.717, 1.165) is 11.3 Å². The van der Waals surface area contributed by atoms with Gasteiger partial charge in [0, 0.05) is 29.3 Å². The number of anilines is 3. The highest BCUT2D eigenvalue weighted by Crippen LogP contribution is 2.32. The van der Waals surface area contributed by atoms with E-state index in [2.05, 4.69) is 20.6 Å². The lowest BCUT2D eigenvalue weighted by atomic mass is 10.2. The molecule has 1 heterocycles. The van der Waals surface area contributed by atoms with Crippen molar-refractivity contribution >= 4 is 28.9 Å². The molecule has 0 fully saturated rings. The zero-order valence-corrected chi connectivity index (χ0v) is 15.1. The lowest BCUT2D eigenvalue weighted by molar-refractivity contribution is 0.416. The molecule has 3 aromatic rings. The van der Waals surface area contributed by atoms with Gasteiger partial charge in [0.2, 0.25) is 0 Å². The van der Waals surface area contributed by atoms with Crippen molar-refractivity contribution in [3.05, 3.63) is 70.8 Å². The molecule has 7 heteroatoms. The number of nitrogens with one attached hydrogen (secondary N) is 2.